The highest BCUT2D eigenvalue weighted by Gasteiger charge is 2.25. The number of para-hydroxylation sites is 1. The predicted octanol–water partition coefficient (Wildman–Crippen LogP) is 1.77. The second-order valence-electron chi connectivity index (χ2n) is 5.66. The van der Waals surface area contributed by atoms with Crippen LogP contribution in [-0.4, -0.2) is 18.4 Å². The van der Waals surface area contributed by atoms with Gasteiger partial charge in [0.05, 0.1) is 12.3 Å². The fourth-order valence-electron chi connectivity index (χ4n) is 2.56. The largest absolute Gasteiger partial charge is 0.492 e. The van der Waals surface area contributed by atoms with E-state index in [9.17, 15) is 14.0 Å². The molecular weight excluding hydrogens is 311 g/mol. The average Bonchev–Trinajstić information content (AvgIpc) is 2.61. The molecule has 0 fully saturated rings. The van der Waals surface area contributed by atoms with Crippen molar-refractivity contribution in [1.29, 1.82) is 0 Å². The Balaban J connectivity index is 1.49. The summed E-state index contributed by atoms with van der Waals surface area (Å²) in [6.45, 7) is 0.274. The lowest BCUT2D eigenvalue weighted by Crippen LogP contribution is -2.47. The van der Waals surface area contributed by atoms with E-state index in [-0.39, 0.29) is 36.6 Å². The van der Waals surface area contributed by atoms with Crippen LogP contribution in [0, 0.1) is 11.7 Å². The van der Waals surface area contributed by atoms with E-state index in [0.717, 1.165) is 11.3 Å². The van der Waals surface area contributed by atoms with E-state index >= 15 is 0 Å². The molecule has 2 N–H and O–H groups in total. The molecule has 1 aliphatic rings. The maximum absolute atomic E-state index is 12.8. The van der Waals surface area contributed by atoms with Gasteiger partial charge in [0.1, 0.15) is 18.2 Å². The second kappa shape index (κ2) is 7.12. The first kappa shape index (κ1) is 16.0. The van der Waals surface area contributed by atoms with E-state index in [1.807, 2.05) is 24.3 Å². The van der Waals surface area contributed by atoms with Gasteiger partial charge in [0.15, 0.2) is 0 Å². The van der Waals surface area contributed by atoms with Gasteiger partial charge in [0.2, 0.25) is 11.8 Å². The molecule has 124 valence electrons. The molecule has 2 aromatic carbocycles. The van der Waals surface area contributed by atoms with E-state index in [4.69, 9.17) is 4.74 Å². The van der Waals surface area contributed by atoms with Crippen molar-refractivity contribution in [2.45, 2.75) is 12.8 Å². The number of carbonyl (C=O) groups is 2. The molecule has 6 heteroatoms. The Kier molecular flexibility index (Phi) is 4.74. The number of nitrogens with one attached hydrogen (secondary N) is 2. The van der Waals surface area contributed by atoms with Crippen LogP contribution in [0.3, 0.4) is 0 Å². The Bertz CT molecular complexity index is 746. The van der Waals surface area contributed by atoms with Crippen molar-refractivity contribution in [2.24, 2.45) is 5.92 Å². The molecule has 1 atom stereocenters. The quantitative estimate of drug-likeness (QED) is 0.844. The van der Waals surface area contributed by atoms with Crippen LogP contribution in [0.25, 0.3) is 0 Å². The summed E-state index contributed by atoms with van der Waals surface area (Å²) < 4.78 is 18.4. The molecule has 0 radical (unpaired) electrons. The molecule has 24 heavy (non-hydrogen) atoms. The van der Waals surface area contributed by atoms with Gasteiger partial charge in [0, 0.05) is 0 Å². The zero-order valence-electron chi connectivity index (χ0n) is 12.9. The van der Waals surface area contributed by atoms with Gasteiger partial charge in [-0.25, -0.2) is 4.39 Å². The van der Waals surface area contributed by atoms with Gasteiger partial charge >= 0.3 is 0 Å². The van der Waals surface area contributed by atoms with Crippen molar-refractivity contribution in [3.05, 3.63) is 65.5 Å². The number of rotatable bonds is 3. The molecule has 0 spiro atoms. The molecule has 2 amide bonds. The molecular formula is C18H17FN2O3. The van der Waals surface area contributed by atoms with Crippen LogP contribution < -0.4 is 15.6 Å². The van der Waals surface area contributed by atoms with Crippen LogP contribution in [-0.2, 0) is 22.4 Å². The third-order valence-corrected chi connectivity index (χ3v) is 3.85. The van der Waals surface area contributed by atoms with E-state index in [2.05, 4.69) is 10.9 Å². The number of hydrogen-bond donors (Lipinski definition) is 2. The van der Waals surface area contributed by atoms with Gasteiger partial charge in [-0.3, -0.25) is 20.4 Å². The third kappa shape index (κ3) is 3.90. The van der Waals surface area contributed by atoms with Crippen LogP contribution in [0.2, 0.25) is 0 Å². The van der Waals surface area contributed by atoms with Crippen molar-refractivity contribution in [1.82, 2.24) is 10.9 Å². The minimum absolute atomic E-state index is 0.0601. The van der Waals surface area contributed by atoms with Crippen molar-refractivity contribution in [2.75, 3.05) is 6.61 Å². The van der Waals surface area contributed by atoms with Crippen molar-refractivity contribution >= 4 is 11.8 Å². The van der Waals surface area contributed by atoms with Gasteiger partial charge < -0.3 is 4.74 Å². The molecule has 0 saturated carbocycles. The Morgan fingerprint density at radius 2 is 1.83 bits per heavy atom. The number of benzene rings is 2. The minimum Gasteiger partial charge on any atom is -0.492 e. The van der Waals surface area contributed by atoms with Crippen molar-refractivity contribution in [3.8, 4) is 5.75 Å². The number of fused-ring (bicyclic) bond motifs is 1. The number of ether oxygens (including phenoxy) is 1. The Hall–Kier alpha value is -2.89. The molecule has 1 unspecified atom stereocenters. The topological polar surface area (TPSA) is 67.4 Å². The smallest absolute Gasteiger partial charge is 0.245 e. The maximum atomic E-state index is 12.8. The third-order valence-electron chi connectivity index (χ3n) is 3.85. The fraction of sp³-hybridized carbons (Fsp3) is 0.222. The first-order chi connectivity index (χ1) is 11.6. The molecule has 5 nitrogen and oxygen atoms in total. The molecule has 0 bridgehead atoms. The zero-order chi connectivity index (χ0) is 16.9. The van der Waals surface area contributed by atoms with Crippen LogP contribution >= 0.6 is 0 Å². The van der Waals surface area contributed by atoms with Crippen molar-refractivity contribution < 1.29 is 18.7 Å². The second-order valence-corrected chi connectivity index (χ2v) is 5.66. The number of carbonyl (C=O) groups excluding carboxylic acids is 2. The van der Waals surface area contributed by atoms with E-state index in [1.165, 1.54) is 24.3 Å². The normalized spacial score (nSPS) is 15.8. The molecule has 0 saturated heterocycles. The molecule has 1 heterocycles. The molecule has 2 aromatic rings. The van der Waals surface area contributed by atoms with Gasteiger partial charge in [0.25, 0.3) is 0 Å². The number of halogens is 1. The standard InChI is InChI=1S/C18H17FN2O3/c19-15-7-5-12(6-8-15)9-17(22)20-21-18(23)14-10-13-3-1-2-4-16(13)24-11-14/h1-8,14H,9-11H2,(H,20,22)(H,21,23). The summed E-state index contributed by atoms with van der Waals surface area (Å²) in [5, 5.41) is 0. The highest BCUT2D eigenvalue weighted by Crippen LogP contribution is 2.26. The number of amides is 2. The predicted molar refractivity (Wildman–Crippen MR) is 85.5 cm³/mol. The monoisotopic (exact) mass is 328 g/mol. The van der Waals surface area contributed by atoms with E-state index in [0.29, 0.717) is 12.0 Å². The molecule has 3 rings (SSSR count). The lowest BCUT2D eigenvalue weighted by Gasteiger charge is -2.24. The molecule has 0 aromatic heterocycles. The summed E-state index contributed by atoms with van der Waals surface area (Å²) in [5.41, 5.74) is 6.44. The summed E-state index contributed by atoms with van der Waals surface area (Å²) in [6.07, 6.45) is 0.625. The highest BCUT2D eigenvalue weighted by molar-refractivity contribution is 5.84. The Labute approximate surface area is 138 Å². The highest BCUT2D eigenvalue weighted by atomic mass is 19.1. The summed E-state index contributed by atoms with van der Waals surface area (Å²) >= 11 is 0. The fourth-order valence-corrected chi connectivity index (χ4v) is 2.56. The van der Waals surface area contributed by atoms with Crippen LogP contribution in [0.15, 0.2) is 48.5 Å². The first-order valence-electron chi connectivity index (χ1n) is 7.65. The van der Waals surface area contributed by atoms with Crippen LogP contribution in [0.1, 0.15) is 11.1 Å². The number of hydrogen-bond acceptors (Lipinski definition) is 3. The minimum atomic E-state index is -0.368. The SMILES string of the molecule is O=C(Cc1ccc(F)cc1)NNC(=O)C1COc2ccccc2C1. The van der Waals surface area contributed by atoms with Gasteiger partial charge in [-0.1, -0.05) is 30.3 Å². The lowest BCUT2D eigenvalue weighted by atomic mass is 9.96. The van der Waals surface area contributed by atoms with Crippen molar-refractivity contribution in [3.63, 3.8) is 0 Å². The summed E-state index contributed by atoms with van der Waals surface area (Å²) in [6, 6.07) is 13.2. The summed E-state index contributed by atoms with van der Waals surface area (Å²) in [5.74, 6) is -0.581. The van der Waals surface area contributed by atoms with E-state index < -0.39 is 0 Å². The molecule has 1 aliphatic heterocycles. The zero-order valence-corrected chi connectivity index (χ0v) is 12.9. The Morgan fingerprint density at radius 3 is 2.62 bits per heavy atom. The summed E-state index contributed by atoms with van der Waals surface area (Å²) in [7, 11) is 0. The van der Waals surface area contributed by atoms with Gasteiger partial charge in [-0.2, -0.15) is 0 Å². The molecule has 0 aliphatic carbocycles. The lowest BCUT2D eigenvalue weighted by molar-refractivity contribution is -0.131. The van der Waals surface area contributed by atoms with Crippen LogP contribution in [0.5, 0.6) is 5.75 Å². The Morgan fingerprint density at radius 1 is 1.08 bits per heavy atom. The number of hydrazine groups is 1. The van der Waals surface area contributed by atoms with Crippen LogP contribution in [0.4, 0.5) is 4.39 Å². The van der Waals surface area contributed by atoms with Gasteiger partial charge in [-0.05, 0) is 35.7 Å². The summed E-state index contributed by atoms with van der Waals surface area (Å²) in [4.78, 5) is 24.0. The average molecular weight is 328 g/mol. The van der Waals surface area contributed by atoms with E-state index in [1.54, 1.807) is 0 Å². The first-order valence-corrected chi connectivity index (χ1v) is 7.65. The maximum Gasteiger partial charge on any atom is 0.245 e. The van der Waals surface area contributed by atoms with Gasteiger partial charge in [-0.15, -0.1) is 0 Å².